The zero-order valence-corrected chi connectivity index (χ0v) is 13.5. The Morgan fingerprint density at radius 1 is 1.17 bits per heavy atom. The molecule has 0 radical (unpaired) electrons. The number of benzene rings is 2. The molecule has 0 unspecified atom stereocenters. The zero-order valence-electron chi connectivity index (χ0n) is 13.5. The van der Waals surface area contributed by atoms with E-state index in [0.717, 1.165) is 17.8 Å². The van der Waals surface area contributed by atoms with Gasteiger partial charge in [0, 0.05) is 13.0 Å². The Balaban J connectivity index is 2.04. The van der Waals surface area contributed by atoms with Gasteiger partial charge in [0.15, 0.2) is 0 Å². The highest BCUT2D eigenvalue weighted by molar-refractivity contribution is 5.86. The van der Waals surface area contributed by atoms with Gasteiger partial charge in [0.05, 0.1) is 5.69 Å². The molecule has 0 amide bonds. The summed E-state index contributed by atoms with van der Waals surface area (Å²) >= 11 is 0. The monoisotopic (exact) mass is 304 g/mol. The van der Waals surface area contributed by atoms with Crippen molar-refractivity contribution < 1.29 is 0 Å². The van der Waals surface area contributed by atoms with Crippen molar-refractivity contribution in [1.82, 2.24) is 9.78 Å². The fourth-order valence-corrected chi connectivity index (χ4v) is 2.88. The minimum absolute atomic E-state index is 0.425. The van der Waals surface area contributed by atoms with E-state index < -0.39 is 0 Å². The highest BCUT2D eigenvalue weighted by Gasteiger charge is 2.17. The fourth-order valence-electron chi connectivity index (χ4n) is 2.88. The molecule has 0 aliphatic heterocycles. The molecule has 0 saturated carbocycles. The lowest BCUT2D eigenvalue weighted by atomic mass is 10.00. The molecule has 4 heteroatoms. The van der Waals surface area contributed by atoms with Gasteiger partial charge in [-0.15, -0.1) is 0 Å². The summed E-state index contributed by atoms with van der Waals surface area (Å²) in [4.78, 5) is 0. The molecule has 0 fully saturated rings. The van der Waals surface area contributed by atoms with Gasteiger partial charge in [-0.05, 0) is 22.3 Å². The Morgan fingerprint density at radius 3 is 2.65 bits per heavy atom. The second kappa shape index (κ2) is 6.13. The first kappa shape index (κ1) is 15.1. The number of nitrogens with zero attached hydrogens (tertiary/aromatic N) is 3. The summed E-state index contributed by atoms with van der Waals surface area (Å²) in [7, 11) is 0. The van der Waals surface area contributed by atoms with Gasteiger partial charge in [-0.1, -0.05) is 56.3 Å². The summed E-state index contributed by atoms with van der Waals surface area (Å²) in [5, 5.41) is 16.4. The molecule has 23 heavy (non-hydrogen) atoms. The van der Waals surface area contributed by atoms with E-state index in [9.17, 15) is 5.26 Å². The summed E-state index contributed by atoms with van der Waals surface area (Å²) in [5.74, 6) is 0.894. The van der Waals surface area contributed by atoms with Crippen LogP contribution in [0.4, 0.5) is 5.82 Å². The first-order chi connectivity index (χ1) is 11.1. The Hall–Kier alpha value is -2.80. The lowest BCUT2D eigenvalue weighted by molar-refractivity contribution is 0.486. The highest BCUT2D eigenvalue weighted by Crippen LogP contribution is 2.24. The number of aromatic nitrogens is 2. The smallest absolute Gasteiger partial charge is 0.140 e. The quantitative estimate of drug-likeness (QED) is 0.798. The highest BCUT2D eigenvalue weighted by atomic mass is 15.3. The lowest BCUT2D eigenvalue weighted by Crippen LogP contribution is -2.09. The molecule has 0 aliphatic rings. The third-order valence-electron chi connectivity index (χ3n) is 3.95. The summed E-state index contributed by atoms with van der Waals surface area (Å²) in [6.45, 7) is 4.94. The van der Waals surface area contributed by atoms with Crippen LogP contribution >= 0.6 is 0 Å². The van der Waals surface area contributed by atoms with Gasteiger partial charge < -0.3 is 5.73 Å². The van der Waals surface area contributed by atoms with Gasteiger partial charge in [0.2, 0.25) is 0 Å². The molecule has 1 heterocycles. The Morgan fingerprint density at radius 2 is 1.91 bits per heavy atom. The Bertz CT molecular complexity index is 879. The summed E-state index contributed by atoms with van der Waals surface area (Å²) < 4.78 is 1.75. The van der Waals surface area contributed by atoms with Crippen molar-refractivity contribution in [3.63, 3.8) is 0 Å². The average molecular weight is 304 g/mol. The molecule has 116 valence electrons. The number of rotatable bonds is 4. The van der Waals surface area contributed by atoms with Crippen LogP contribution in [0.1, 0.15) is 30.7 Å². The van der Waals surface area contributed by atoms with Crippen molar-refractivity contribution in [3.05, 3.63) is 59.3 Å². The van der Waals surface area contributed by atoms with Crippen LogP contribution in [0.25, 0.3) is 10.8 Å². The maximum atomic E-state index is 9.45. The van der Waals surface area contributed by atoms with E-state index in [1.165, 1.54) is 10.8 Å². The van der Waals surface area contributed by atoms with Gasteiger partial charge in [0.25, 0.3) is 0 Å². The Labute approximate surface area is 136 Å². The molecular weight excluding hydrogens is 284 g/mol. The number of nitrogen functional groups attached to an aromatic ring is 1. The van der Waals surface area contributed by atoms with Crippen LogP contribution < -0.4 is 5.73 Å². The molecule has 0 aliphatic carbocycles. The number of nitriles is 1. The standard InChI is InChI=1S/C19H20N4/c1-13(2)12-23-19(21)17(11-20)18(22-23)10-15-8-5-7-14-6-3-4-9-16(14)15/h3-9,13H,10,12,21H2,1-2H3. The number of hydrogen-bond acceptors (Lipinski definition) is 3. The van der Waals surface area contributed by atoms with Crippen LogP contribution in [-0.4, -0.2) is 9.78 Å². The van der Waals surface area contributed by atoms with Crippen LogP contribution in [0.5, 0.6) is 0 Å². The number of hydrogen-bond donors (Lipinski definition) is 1. The lowest BCUT2D eigenvalue weighted by Gasteiger charge is -2.06. The molecule has 3 rings (SSSR count). The van der Waals surface area contributed by atoms with Gasteiger partial charge in [-0.2, -0.15) is 10.4 Å². The number of fused-ring (bicyclic) bond motifs is 1. The van der Waals surface area contributed by atoms with Crippen molar-refractivity contribution >= 4 is 16.6 Å². The predicted octanol–water partition coefficient (Wildman–Crippen LogP) is 3.74. The summed E-state index contributed by atoms with van der Waals surface area (Å²) in [5.41, 5.74) is 8.52. The third kappa shape index (κ3) is 2.91. The van der Waals surface area contributed by atoms with E-state index in [0.29, 0.717) is 23.7 Å². The van der Waals surface area contributed by atoms with Crippen LogP contribution in [0, 0.1) is 17.2 Å². The molecule has 1 aromatic heterocycles. The molecule has 0 bridgehead atoms. The first-order valence-corrected chi connectivity index (χ1v) is 7.82. The molecule has 0 atom stereocenters. The van der Waals surface area contributed by atoms with E-state index in [2.05, 4.69) is 49.3 Å². The second-order valence-electron chi connectivity index (χ2n) is 6.21. The predicted molar refractivity (Wildman–Crippen MR) is 92.9 cm³/mol. The summed E-state index contributed by atoms with van der Waals surface area (Å²) in [6.07, 6.45) is 0.611. The maximum Gasteiger partial charge on any atom is 0.140 e. The minimum atomic E-state index is 0.425. The molecule has 2 aromatic carbocycles. The SMILES string of the molecule is CC(C)Cn1nc(Cc2cccc3ccccc23)c(C#N)c1N. The number of anilines is 1. The minimum Gasteiger partial charge on any atom is -0.383 e. The van der Waals surface area contributed by atoms with Crippen molar-refractivity contribution in [2.45, 2.75) is 26.8 Å². The van der Waals surface area contributed by atoms with Crippen molar-refractivity contribution in [1.29, 1.82) is 5.26 Å². The summed E-state index contributed by atoms with van der Waals surface area (Å²) in [6, 6.07) is 16.7. The molecular formula is C19H20N4. The zero-order chi connectivity index (χ0) is 16.4. The van der Waals surface area contributed by atoms with Crippen molar-refractivity contribution in [2.24, 2.45) is 5.92 Å². The largest absolute Gasteiger partial charge is 0.383 e. The van der Waals surface area contributed by atoms with Crippen LogP contribution in [0.3, 0.4) is 0 Å². The van der Waals surface area contributed by atoms with Gasteiger partial charge >= 0.3 is 0 Å². The van der Waals surface area contributed by atoms with E-state index in [4.69, 9.17) is 5.73 Å². The number of nitrogens with two attached hydrogens (primary N) is 1. The maximum absolute atomic E-state index is 9.45. The van der Waals surface area contributed by atoms with Gasteiger partial charge in [-0.25, -0.2) is 4.68 Å². The average Bonchev–Trinajstić information content (AvgIpc) is 2.82. The molecule has 3 aromatic rings. The van der Waals surface area contributed by atoms with Crippen LogP contribution in [0.2, 0.25) is 0 Å². The first-order valence-electron chi connectivity index (χ1n) is 7.82. The Kier molecular flexibility index (Phi) is 4.03. The third-order valence-corrected chi connectivity index (χ3v) is 3.95. The second-order valence-corrected chi connectivity index (χ2v) is 6.21. The topological polar surface area (TPSA) is 67.6 Å². The molecule has 2 N–H and O–H groups in total. The van der Waals surface area contributed by atoms with E-state index in [-0.39, 0.29) is 0 Å². The van der Waals surface area contributed by atoms with Gasteiger partial charge in [-0.3, -0.25) is 0 Å². The van der Waals surface area contributed by atoms with Gasteiger partial charge in [0.1, 0.15) is 17.5 Å². The fraction of sp³-hybridized carbons (Fsp3) is 0.263. The van der Waals surface area contributed by atoms with Crippen molar-refractivity contribution in [2.75, 3.05) is 5.73 Å². The normalized spacial score (nSPS) is 11.0. The molecule has 0 spiro atoms. The van der Waals surface area contributed by atoms with E-state index >= 15 is 0 Å². The van der Waals surface area contributed by atoms with Crippen molar-refractivity contribution in [3.8, 4) is 6.07 Å². The molecule has 0 saturated heterocycles. The van der Waals surface area contributed by atoms with E-state index in [1.54, 1.807) is 4.68 Å². The van der Waals surface area contributed by atoms with Crippen LogP contribution in [-0.2, 0) is 13.0 Å². The van der Waals surface area contributed by atoms with E-state index in [1.807, 2.05) is 18.2 Å². The molecule has 4 nitrogen and oxygen atoms in total. The van der Waals surface area contributed by atoms with Crippen LogP contribution in [0.15, 0.2) is 42.5 Å².